The van der Waals surface area contributed by atoms with Crippen LogP contribution in [0.2, 0.25) is 0 Å². The first kappa shape index (κ1) is 16.0. The maximum atomic E-state index is 12.3. The Bertz CT molecular complexity index is 442. The van der Waals surface area contributed by atoms with Gasteiger partial charge >= 0.3 is 0 Å². The third kappa shape index (κ3) is 5.14. The van der Waals surface area contributed by atoms with Gasteiger partial charge in [-0.3, -0.25) is 4.79 Å². The number of carbonyl (C=O) groups is 1. The minimum Gasteiger partial charge on any atom is -0.381 e. The van der Waals surface area contributed by atoms with E-state index in [1.807, 2.05) is 31.3 Å². The van der Waals surface area contributed by atoms with Gasteiger partial charge in [0.25, 0.3) is 5.91 Å². The van der Waals surface area contributed by atoms with E-state index in [0.29, 0.717) is 5.92 Å². The molecule has 116 valence electrons. The Balaban J connectivity index is 1.82. The molecule has 0 unspecified atom stereocenters. The molecule has 0 radical (unpaired) electrons. The van der Waals surface area contributed by atoms with Crippen LogP contribution >= 0.6 is 0 Å². The lowest BCUT2D eigenvalue weighted by atomic mass is 9.96. The highest BCUT2D eigenvalue weighted by Crippen LogP contribution is 2.17. The average molecular weight is 290 g/mol. The highest BCUT2D eigenvalue weighted by molar-refractivity contribution is 5.95. The number of amides is 1. The van der Waals surface area contributed by atoms with Gasteiger partial charge in [-0.15, -0.1) is 0 Å². The smallest absolute Gasteiger partial charge is 0.251 e. The minimum atomic E-state index is 0.0498. The van der Waals surface area contributed by atoms with Crippen LogP contribution in [-0.2, 0) is 11.2 Å². The molecule has 1 aliphatic rings. The number of benzene rings is 1. The summed E-state index contributed by atoms with van der Waals surface area (Å²) in [5.41, 5.74) is 1.91. The molecule has 0 aromatic heterocycles. The molecule has 0 spiro atoms. The summed E-state index contributed by atoms with van der Waals surface area (Å²) in [7, 11) is 1.93. The maximum absolute atomic E-state index is 12.3. The Hall–Kier alpha value is -1.39. The van der Waals surface area contributed by atoms with Gasteiger partial charge in [0.2, 0.25) is 0 Å². The molecule has 2 N–H and O–H groups in total. The fourth-order valence-electron chi connectivity index (χ4n) is 2.74. The van der Waals surface area contributed by atoms with Gasteiger partial charge < -0.3 is 15.4 Å². The monoisotopic (exact) mass is 290 g/mol. The van der Waals surface area contributed by atoms with E-state index in [1.165, 1.54) is 0 Å². The normalized spacial score (nSPS) is 15.9. The van der Waals surface area contributed by atoms with Crippen molar-refractivity contribution < 1.29 is 9.53 Å². The molecular formula is C17H26N2O2. The zero-order chi connectivity index (χ0) is 14.9. The Morgan fingerprint density at radius 2 is 2.00 bits per heavy atom. The lowest BCUT2D eigenvalue weighted by molar-refractivity contribution is 0.0636. The van der Waals surface area contributed by atoms with E-state index >= 15 is 0 Å². The van der Waals surface area contributed by atoms with Crippen LogP contribution in [0.1, 0.15) is 35.2 Å². The summed E-state index contributed by atoms with van der Waals surface area (Å²) in [5, 5.41) is 6.19. The van der Waals surface area contributed by atoms with Crippen molar-refractivity contribution in [1.82, 2.24) is 10.6 Å². The number of nitrogens with one attached hydrogen (secondary N) is 2. The van der Waals surface area contributed by atoms with Crippen molar-refractivity contribution in [3.8, 4) is 0 Å². The summed E-state index contributed by atoms with van der Waals surface area (Å²) < 4.78 is 5.36. The van der Waals surface area contributed by atoms with Crippen LogP contribution in [0.15, 0.2) is 24.3 Å². The second kappa shape index (κ2) is 8.80. The minimum absolute atomic E-state index is 0.0498. The molecule has 1 aromatic rings. The Labute approximate surface area is 127 Å². The van der Waals surface area contributed by atoms with Crippen LogP contribution in [0.25, 0.3) is 0 Å². The first-order valence-electron chi connectivity index (χ1n) is 7.89. The van der Waals surface area contributed by atoms with Gasteiger partial charge in [-0.05, 0) is 56.8 Å². The Morgan fingerprint density at radius 1 is 1.24 bits per heavy atom. The van der Waals surface area contributed by atoms with E-state index in [4.69, 9.17) is 4.74 Å². The summed E-state index contributed by atoms with van der Waals surface area (Å²) in [6, 6.07) is 7.86. The van der Waals surface area contributed by atoms with Gasteiger partial charge in [0.15, 0.2) is 0 Å². The average Bonchev–Trinajstić information content (AvgIpc) is 2.54. The van der Waals surface area contributed by atoms with Crippen molar-refractivity contribution in [3.63, 3.8) is 0 Å². The van der Waals surface area contributed by atoms with E-state index in [1.54, 1.807) is 0 Å². The highest BCUT2D eigenvalue weighted by Gasteiger charge is 2.15. The second-order valence-corrected chi connectivity index (χ2v) is 5.61. The van der Waals surface area contributed by atoms with Crippen molar-refractivity contribution >= 4 is 5.91 Å². The number of likely N-dealkylation sites (N-methyl/N-ethyl adjacent to an activating group) is 1. The van der Waals surface area contributed by atoms with Crippen molar-refractivity contribution in [2.75, 3.05) is 33.4 Å². The molecule has 1 heterocycles. The van der Waals surface area contributed by atoms with Crippen LogP contribution in [0.4, 0.5) is 0 Å². The summed E-state index contributed by atoms with van der Waals surface area (Å²) in [6.07, 6.45) is 4.16. The predicted octanol–water partition coefficient (Wildman–Crippen LogP) is 1.99. The van der Waals surface area contributed by atoms with E-state index < -0.39 is 0 Å². The summed E-state index contributed by atoms with van der Waals surface area (Å²) >= 11 is 0. The molecule has 2 rings (SSSR count). The van der Waals surface area contributed by atoms with Crippen LogP contribution < -0.4 is 10.6 Å². The molecule has 1 amide bonds. The summed E-state index contributed by atoms with van der Waals surface area (Å²) in [4.78, 5) is 12.3. The molecule has 1 aromatic carbocycles. The number of hydrogen-bond acceptors (Lipinski definition) is 3. The predicted molar refractivity (Wildman–Crippen MR) is 84.6 cm³/mol. The van der Waals surface area contributed by atoms with Crippen LogP contribution in [0, 0.1) is 5.92 Å². The molecule has 1 saturated heterocycles. The van der Waals surface area contributed by atoms with Gasteiger partial charge in [0.05, 0.1) is 0 Å². The molecule has 21 heavy (non-hydrogen) atoms. The molecule has 1 fully saturated rings. The van der Waals surface area contributed by atoms with E-state index in [-0.39, 0.29) is 5.91 Å². The molecule has 0 bridgehead atoms. The van der Waals surface area contributed by atoms with Crippen LogP contribution in [0.5, 0.6) is 0 Å². The second-order valence-electron chi connectivity index (χ2n) is 5.61. The highest BCUT2D eigenvalue weighted by atomic mass is 16.5. The van der Waals surface area contributed by atoms with E-state index in [2.05, 4.69) is 10.6 Å². The topological polar surface area (TPSA) is 50.4 Å². The third-order valence-electron chi connectivity index (χ3n) is 4.09. The SMILES string of the molecule is CNCCc1ccccc1C(=O)NCCC1CCOCC1. The first-order chi connectivity index (χ1) is 10.3. The quantitative estimate of drug-likeness (QED) is 0.807. The van der Waals surface area contributed by atoms with Gasteiger partial charge in [-0.1, -0.05) is 18.2 Å². The Kier molecular flexibility index (Phi) is 6.70. The molecule has 0 saturated carbocycles. The van der Waals surface area contributed by atoms with Crippen molar-refractivity contribution in [3.05, 3.63) is 35.4 Å². The molecule has 4 heteroatoms. The summed E-state index contributed by atoms with van der Waals surface area (Å²) in [5.74, 6) is 0.743. The molecular weight excluding hydrogens is 264 g/mol. The lowest BCUT2D eigenvalue weighted by Crippen LogP contribution is -2.28. The number of carbonyl (C=O) groups excluding carboxylic acids is 1. The number of hydrogen-bond donors (Lipinski definition) is 2. The van der Waals surface area contributed by atoms with Gasteiger partial charge in [-0.2, -0.15) is 0 Å². The fraction of sp³-hybridized carbons (Fsp3) is 0.588. The Morgan fingerprint density at radius 3 is 2.76 bits per heavy atom. The largest absolute Gasteiger partial charge is 0.381 e. The molecule has 4 nitrogen and oxygen atoms in total. The first-order valence-corrected chi connectivity index (χ1v) is 7.89. The maximum Gasteiger partial charge on any atom is 0.251 e. The van der Waals surface area contributed by atoms with Gasteiger partial charge in [0, 0.05) is 25.3 Å². The van der Waals surface area contributed by atoms with Crippen LogP contribution in [0.3, 0.4) is 0 Å². The van der Waals surface area contributed by atoms with Gasteiger partial charge in [0.1, 0.15) is 0 Å². The third-order valence-corrected chi connectivity index (χ3v) is 4.09. The zero-order valence-electron chi connectivity index (χ0n) is 12.9. The zero-order valence-corrected chi connectivity index (χ0v) is 12.9. The lowest BCUT2D eigenvalue weighted by Gasteiger charge is -2.22. The van der Waals surface area contributed by atoms with E-state index in [9.17, 15) is 4.79 Å². The van der Waals surface area contributed by atoms with Crippen molar-refractivity contribution in [1.29, 1.82) is 0 Å². The summed E-state index contributed by atoms with van der Waals surface area (Å²) in [6.45, 7) is 3.37. The standard InChI is InChI=1S/C17H26N2O2/c1-18-10-7-15-4-2-3-5-16(15)17(20)19-11-6-14-8-12-21-13-9-14/h2-5,14,18H,6-13H2,1H3,(H,19,20). The number of rotatable bonds is 7. The molecule has 1 aliphatic heterocycles. The number of ether oxygens (including phenoxy) is 1. The van der Waals surface area contributed by atoms with Crippen molar-refractivity contribution in [2.45, 2.75) is 25.7 Å². The van der Waals surface area contributed by atoms with Crippen LogP contribution in [-0.4, -0.2) is 39.3 Å². The molecule has 0 atom stereocenters. The fourth-order valence-corrected chi connectivity index (χ4v) is 2.74. The van der Waals surface area contributed by atoms with Gasteiger partial charge in [-0.25, -0.2) is 0 Å². The van der Waals surface area contributed by atoms with E-state index in [0.717, 1.165) is 63.1 Å². The molecule has 0 aliphatic carbocycles. The van der Waals surface area contributed by atoms with Crippen molar-refractivity contribution in [2.24, 2.45) is 5.92 Å².